The topological polar surface area (TPSA) is 75.8 Å². The first-order valence-corrected chi connectivity index (χ1v) is 7.38. The third kappa shape index (κ3) is 2.94. The molecule has 0 unspecified atom stereocenters. The number of benzene rings is 2. The molecule has 120 valence electrons. The number of hydrazone groups is 1. The minimum Gasteiger partial charge on any atom is -0.267 e. The van der Waals surface area contributed by atoms with Gasteiger partial charge in [-0.05, 0) is 37.6 Å². The van der Waals surface area contributed by atoms with Gasteiger partial charge >= 0.3 is 0 Å². The highest BCUT2D eigenvalue weighted by atomic mass is 16.6. The summed E-state index contributed by atoms with van der Waals surface area (Å²) in [5.74, 6) is -0.247. The van der Waals surface area contributed by atoms with Crippen LogP contribution in [-0.2, 0) is 4.79 Å². The first-order valence-electron chi connectivity index (χ1n) is 7.38. The Morgan fingerprint density at radius 1 is 1.12 bits per heavy atom. The standard InChI is InChI=1S/C18H15N3O3/c1-12-6-8-15(9-7-12)20-18(22)17(13(2)19-20)11-14-4-3-5-16(10-14)21(23)24/h3-11H,1-2H3. The number of rotatable bonds is 3. The molecule has 0 N–H and O–H groups in total. The van der Waals surface area contributed by atoms with E-state index in [-0.39, 0.29) is 11.6 Å². The van der Waals surface area contributed by atoms with Gasteiger partial charge in [-0.3, -0.25) is 14.9 Å². The minimum atomic E-state index is -0.460. The Hall–Kier alpha value is -3.28. The van der Waals surface area contributed by atoms with Crippen molar-refractivity contribution in [3.05, 3.63) is 75.3 Å². The molecule has 1 aliphatic rings. The molecule has 3 rings (SSSR count). The van der Waals surface area contributed by atoms with Gasteiger partial charge < -0.3 is 0 Å². The Bertz CT molecular complexity index is 883. The van der Waals surface area contributed by atoms with Gasteiger partial charge in [0.2, 0.25) is 0 Å². The van der Waals surface area contributed by atoms with E-state index in [1.165, 1.54) is 17.1 Å². The maximum Gasteiger partial charge on any atom is 0.280 e. The van der Waals surface area contributed by atoms with Crippen LogP contribution in [0.25, 0.3) is 6.08 Å². The third-order valence-corrected chi connectivity index (χ3v) is 3.73. The predicted molar refractivity (Wildman–Crippen MR) is 92.8 cm³/mol. The molecular formula is C18H15N3O3. The van der Waals surface area contributed by atoms with E-state index in [1.807, 2.05) is 31.2 Å². The van der Waals surface area contributed by atoms with Gasteiger partial charge in [0, 0.05) is 12.1 Å². The summed E-state index contributed by atoms with van der Waals surface area (Å²) in [5.41, 5.74) is 3.36. The lowest BCUT2D eigenvalue weighted by molar-refractivity contribution is -0.384. The number of non-ortho nitro benzene ring substituents is 1. The number of nitrogens with zero attached hydrogens (tertiary/aromatic N) is 3. The number of nitro benzene ring substituents is 1. The fourth-order valence-electron chi connectivity index (χ4n) is 2.44. The molecule has 0 aliphatic carbocycles. The molecule has 0 radical (unpaired) electrons. The van der Waals surface area contributed by atoms with Crippen molar-refractivity contribution in [3.63, 3.8) is 0 Å². The van der Waals surface area contributed by atoms with E-state index in [4.69, 9.17) is 0 Å². The average molecular weight is 321 g/mol. The second-order valence-electron chi connectivity index (χ2n) is 5.55. The quantitative estimate of drug-likeness (QED) is 0.491. The van der Waals surface area contributed by atoms with Crippen LogP contribution in [0.15, 0.2) is 59.2 Å². The first kappa shape index (κ1) is 15.6. The Morgan fingerprint density at radius 3 is 2.50 bits per heavy atom. The normalized spacial score (nSPS) is 15.8. The van der Waals surface area contributed by atoms with Crippen molar-refractivity contribution in [3.8, 4) is 0 Å². The number of amides is 1. The summed E-state index contributed by atoms with van der Waals surface area (Å²) in [5, 5.41) is 16.5. The SMILES string of the molecule is CC1=NN(c2ccc(C)cc2)C(=O)C1=Cc1cccc([N+](=O)[O-])c1. The number of carbonyl (C=O) groups is 1. The largest absolute Gasteiger partial charge is 0.280 e. The van der Waals surface area contributed by atoms with Gasteiger partial charge in [0.25, 0.3) is 11.6 Å². The van der Waals surface area contributed by atoms with E-state index in [2.05, 4.69) is 5.10 Å². The predicted octanol–water partition coefficient (Wildman–Crippen LogP) is 3.71. The Morgan fingerprint density at radius 2 is 1.83 bits per heavy atom. The zero-order chi connectivity index (χ0) is 17.3. The highest BCUT2D eigenvalue weighted by Crippen LogP contribution is 2.26. The monoisotopic (exact) mass is 321 g/mol. The zero-order valence-corrected chi connectivity index (χ0v) is 13.3. The Balaban J connectivity index is 1.94. The number of hydrogen-bond acceptors (Lipinski definition) is 4. The maximum atomic E-state index is 12.6. The lowest BCUT2D eigenvalue weighted by Gasteiger charge is -2.11. The summed E-state index contributed by atoms with van der Waals surface area (Å²) < 4.78 is 0. The highest BCUT2D eigenvalue weighted by Gasteiger charge is 2.28. The molecule has 1 heterocycles. The number of hydrogen-bond donors (Lipinski definition) is 0. The van der Waals surface area contributed by atoms with Crippen LogP contribution in [0.2, 0.25) is 0 Å². The summed E-state index contributed by atoms with van der Waals surface area (Å²) in [6.45, 7) is 3.72. The second-order valence-corrected chi connectivity index (χ2v) is 5.55. The van der Waals surface area contributed by atoms with Crippen LogP contribution < -0.4 is 5.01 Å². The number of carbonyl (C=O) groups excluding carboxylic acids is 1. The lowest BCUT2D eigenvalue weighted by atomic mass is 10.1. The molecule has 6 heteroatoms. The second kappa shape index (κ2) is 6.08. The van der Waals surface area contributed by atoms with Crippen LogP contribution in [0.5, 0.6) is 0 Å². The van der Waals surface area contributed by atoms with Crippen LogP contribution >= 0.6 is 0 Å². The van der Waals surface area contributed by atoms with Crippen molar-refractivity contribution in [1.29, 1.82) is 0 Å². The molecule has 2 aromatic carbocycles. The average Bonchev–Trinajstić information content (AvgIpc) is 2.84. The molecule has 2 aromatic rings. The van der Waals surface area contributed by atoms with Crippen molar-refractivity contribution >= 4 is 29.1 Å². The smallest absolute Gasteiger partial charge is 0.267 e. The van der Waals surface area contributed by atoms with Gasteiger partial charge in [-0.2, -0.15) is 10.1 Å². The van der Waals surface area contributed by atoms with Crippen LogP contribution in [0, 0.1) is 17.0 Å². The molecule has 0 bridgehead atoms. The number of aryl methyl sites for hydroxylation is 1. The molecule has 1 aliphatic heterocycles. The van der Waals surface area contributed by atoms with Crippen molar-refractivity contribution in [2.45, 2.75) is 13.8 Å². The molecule has 0 saturated heterocycles. The Labute approximate surface area is 138 Å². The highest BCUT2D eigenvalue weighted by molar-refractivity contribution is 6.32. The van der Waals surface area contributed by atoms with Crippen LogP contribution in [0.4, 0.5) is 11.4 Å². The first-order chi connectivity index (χ1) is 11.5. The fourth-order valence-corrected chi connectivity index (χ4v) is 2.44. The molecule has 1 amide bonds. The van der Waals surface area contributed by atoms with Gasteiger partial charge in [-0.15, -0.1) is 0 Å². The summed E-state index contributed by atoms with van der Waals surface area (Å²) >= 11 is 0. The lowest BCUT2D eigenvalue weighted by Crippen LogP contribution is -2.21. The van der Waals surface area contributed by atoms with Gasteiger partial charge in [0.05, 0.1) is 21.9 Å². The molecule has 0 atom stereocenters. The van der Waals surface area contributed by atoms with Crippen molar-refractivity contribution in [2.24, 2.45) is 5.10 Å². The molecule has 0 fully saturated rings. The number of nitro groups is 1. The van der Waals surface area contributed by atoms with Gasteiger partial charge in [0.15, 0.2) is 0 Å². The molecule has 0 saturated carbocycles. The molecular weight excluding hydrogens is 306 g/mol. The summed E-state index contributed by atoms with van der Waals surface area (Å²) in [6.07, 6.45) is 1.63. The van der Waals surface area contributed by atoms with Crippen LogP contribution in [0.3, 0.4) is 0 Å². The van der Waals surface area contributed by atoms with Crippen molar-refractivity contribution in [1.82, 2.24) is 0 Å². The number of anilines is 1. The van der Waals surface area contributed by atoms with Crippen molar-refractivity contribution in [2.75, 3.05) is 5.01 Å². The Kier molecular flexibility index (Phi) is 3.95. The van der Waals surface area contributed by atoms with Gasteiger partial charge in [-0.25, -0.2) is 0 Å². The molecule has 6 nitrogen and oxygen atoms in total. The van der Waals surface area contributed by atoms with Crippen LogP contribution in [-0.4, -0.2) is 16.5 Å². The van der Waals surface area contributed by atoms with E-state index >= 15 is 0 Å². The van der Waals surface area contributed by atoms with E-state index in [0.29, 0.717) is 22.5 Å². The summed E-state index contributed by atoms with van der Waals surface area (Å²) in [4.78, 5) is 23.0. The fraction of sp³-hybridized carbons (Fsp3) is 0.111. The minimum absolute atomic E-state index is 0.0141. The summed E-state index contributed by atoms with van der Waals surface area (Å²) in [7, 11) is 0. The van der Waals surface area contributed by atoms with E-state index < -0.39 is 4.92 Å². The molecule has 0 aromatic heterocycles. The van der Waals surface area contributed by atoms with E-state index in [9.17, 15) is 14.9 Å². The van der Waals surface area contributed by atoms with Crippen molar-refractivity contribution < 1.29 is 9.72 Å². The van der Waals surface area contributed by atoms with Gasteiger partial charge in [0.1, 0.15) is 0 Å². The summed E-state index contributed by atoms with van der Waals surface area (Å²) in [6, 6.07) is 13.6. The molecule has 0 spiro atoms. The molecule has 24 heavy (non-hydrogen) atoms. The van der Waals surface area contributed by atoms with Crippen LogP contribution in [0.1, 0.15) is 18.1 Å². The van der Waals surface area contributed by atoms with E-state index in [1.54, 1.807) is 25.1 Å². The maximum absolute atomic E-state index is 12.6. The van der Waals surface area contributed by atoms with E-state index in [0.717, 1.165) is 5.56 Å². The van der Waals surface area contributed by atoms with Gasteiger partial charge in [-0.1, -0.05) is 29.8 Å². The third-order valence-electron chi connectivity index (χ3n) is 3.73. The zero-order valence-electron chi connectivity index (χ0n) is 13.3.